The number of benzene rings is 1. The van der Waals surface area contributed by atoms with Gasteiger partial charge in [-0.3, -0.25) is 9.59 Å². The summed E-state index contributed by atoms with van der Waals surface area (Å²) in [6, 6.07) is 2.11. The third kappa shape index (κ3) is 2.05. The number of aldehydes is 1. The van der Waals surface area contributed by atoms with Crippen molar-refractivity contribution in [1.29, 1.82) is 0 Å². The van der Waals surface area contributed by atoms with Crippen molar-refractivity contribution in [2.24, 2.45) is 0 Å². The van der Waals surface area contributed by atoms with Gasteiger partial charge in [0, 0.05) is 37.7 Å². The number of hydrogen-bond donors (Lipinski definition) is 0. The Hall–Kier alpha value is -1.98. The van der Waals surface area contributed by atoms with Crippen LogP contribution in [0.5, 0.6) is 0 Å². The SMILES string of the molecule is O=Cc1cc(F)c(N2CCN3C(=O)CCC3C2)c(F)c1. The van der Waals surface area contributed by atoms with Gasteiger partial charge in [0.1, 0.15) is 23.6 Å². The van der Waals surface area contributed by atoms with Crippen LogP contribution >= 0.6 is 0 Å². The van der Waals surface area contributed by atoms with Crippen molar-refractivity contribution in [2.75, 3.05) is 24.5 Å². The Morgan fingerprint density at radius 2 is 1.90 bits per heavy atom. The molecular weight excluding hydrogens is 266 g/mol. The number of carbonyl (C=O) groups excluding carboxylic acids is 2. The van der Waals surface area contributed by atoms with Gasteiger partial charge in [-0.1, -0.05) is 0 Å². The molecule has 0 aromatic heterocycles. The fourth-order valence-corrected chi connectivity index (χ4v) is 3.02. The maximum absolute atomic E-state index is 14.0. The maximum Gasteiger partial charge on any atom is 0.223 e. The lowest BCUT2D eigenvalue weighted by atomic mass is 10.1. The Labute approximate surface area is 115 Å². The van der Waals surface area contributed by atoms with E-state index >= 15 is 0 Å². The van der Waals surface area contributed by atoms with Crippen LogP contribution < -0.4 is 4.90 Å². The summed E-state index contributed by atoms with van der Waals surface area (Å²) in [5.41, 5.74) is -0.118. The molecule has 20 heavy (non-hydrogen) atoms. The number of halogens is 2. The molecule has 0 saturated carbocycles. The first-order chi connectivity index (χ1) is 9.60. The van der Waals surface area contributed by atoms with Crippen LogP contribution in [0.3, 0.4) is 0 Å². The van der Waals surface area contributed by atoms with Crippen LogP contribution in [0.4, 0.5) is 14.5 Å². The normalized spacial score (nSPS) is 22.1. The highest BCUT2D eigenvalue weighted by molar-refractivity contribution is 5.79. The van der Waals surface area contributed by atoms with Crippen molar-refractivity contribution in [2.45, 2.75) is 18.9 Å². The predicted octanol–water partition coefficient (Wildman–Crippen LogP) is 1.59. The van der Waals surface area contributed by atoms with Crippen LogP contribution in [-0.2, 0) is 4.79 Å². The molecule has 1 unspecified atom stereocenters. The number of rotatable bonds is 2. The summed E-state index contributed by atoms with van der Waals surface area (Å²) in [7, 11) is 0. The van der Waals surface area contributed by atoms with Gasteiger partial charge in [0.25, 0.3) is 0 Å². The summed E-state index contributed by atoms with van der Waals surface area (Å²) in [6.07, 6.45) is 1.65. The number of piperazine rings is 1. The zero-order valence-corrected chi connectivity index (χ0v) is 10.8. The van der Waals surface area contributed by atoms with E-state index in [0.717, 1.165) is 18.6 Å². The molecule has 4 nitrogen and oxygen atoms in total. The molecule has 1 aromatic rings. The molecule has 3 rings (SSSR count). The quantitative estimate of drug-likeness (QED) is 0.772. The molecule has 1 aromatic carbocycles. The van der Waals surface area contributed by atoms with E-state index in [1.165, 1.54) is 0 Å². The summed E-state index contributed by atoms with van der Waals surface area (Å²) in [4.78, 5) is 25.6. The monoisotopic (exact) mass is 280 g/mol. The van der Waals surface area contributed by atoms with Gasteiger partial charge in [-0.2, -0.15) is 0 Å². The molecule has 106 valence electrons. The van der Waals surface area contributed by atoms with E-state index in [2.05, 4.69) is 0 Å². The maximum atomic E-state index is 14.0. The molecule has 2 heterocycles. The minimum Gasteiger partial charge on any atom is -0.363 e. The van der Waals surface area contributed by atoms with E-state index in [1.54, 1.807) is 9.80 Å². The average Bonchev–Trinajstić information content (AvgIpc) is 2.79. The molecule has 6 heteroatoms. The first-order valence-electron chi connectivity index (χ1n) is 6.59. The largest absolute Gasteiger partial charge is 0.363 e. The van der Waals surface area contributed by atoms with E-state index < -0.39 is 11.6 Å². The van der Waals surface area contributed by atoms with Gasteiger partial charge < -0.3 is 9.80 Å². The van der Waals surface area contributed by atoms with Gasteiger partial charge in [0.05, 0.1) is 0 Å². The highest BCUT2D eigenvalue weighted by Crippen LogP contribution is 2.30. The fourth-order valence-electron chi connectivity index (χ4n) is 3.02. The van der Waals surface area contributed by atoms with Crippen LogP contribution in [0.25, 0.3) is 0 Å². The second kappa shape index (κ2) is 4.85. The van der Waals surface area contributed by atoms with Crippen molar-refractivity contribution in [3.05, 3.63) is 29.3 Å². The molecule has 2 saturated heterocycles. The van der Waals surface area contributed by atoms with Crippen LogP contribution in [-0.4, -0.2) is 42.8 Å². The minimum absolute atomic E-state index is 0.0153. The molecule has 0 aliphatic carbocycles. The Morgan fingerprint density at radius 1 is 1.20 bits per heavy atom. The van der Waals surface area contributed by atoms with E-state index in [-0.39, 0.29) is 23.2 Å². The molecule has 2 fully saturated rings. The molecular formula is C14H14F2N2O2. The van der Waals surface area contributed by atoms with Crippen LogP contribution in [0.15, 0.2) is 12.1 Å². The lowest BCUT2D eigenvalue weighted by molar-refractivity contribution is -0.129. The molecule has 0 bridgehead atoms. The first-order valence-corrected chi connectivity index (χ1v) is 6.59. The number of hydrogen-bond acceptors (Lipinski definition) is 3. The Morgan fingerprint density at radius 3 is 2.55 bits per heavy atom. The van der Waals surface area contributed by atoms with E-state index in [9.17, 15) is 18.4 Å². The molecule has 2 aliphatic rings. The van der Waals surface area contributed by atoms with E-state index in [0.29, 0.717) is 32.3 Å². The third-order valence-corrected chi connectivity index (χ3v) is 3.99. The summed E-state index contributed by atoms with van der Waals surface area (Å²) in [6.45, 7) is 1.31. The van der Waals surface area contributed by atoms with Gasteiger partial charge in [-0.15, -0.1) is 0 Å². The molecule has 2 aliphatic heterocycles. The van der Waals surface area contributed by atoms with Crippen LogP contribution in [0.2, 0.25) is 0 Å². The van der Waals surface area contributed by atoms with E-state index in [1.807, 2.05) is 0 Å². The van der Waals surface area contributed by atoms with Gasteiger partial charge in [0.15, 0.2) is 0 Å². The van der Waals surface area contributed by atoms with Gasteiger partial charge in [0.2, 0.25) is 5.91 Å². The van der Waals surface area contributed by atoms with Crippen molar-refractivity contribution >= 4 is 17.9 Å². The first kappa shape index (κ1) is 13.0. The number of amides is 1. The second-order valence-electron chi connectivity index (χ2n) is 5.18. The third-order valence-electron chi connectivity index (χ3n) is 3.99. The lowest BCUT2D eigenvalue weighted by Crippen LogP contribution is -2.52. The van der Waals surface area contributed by atoms with Crippen molar-refractivity contribution in [3.8, 4) is 0 Å². The zero-order chi connectivity index (χ0) is 14.3. The van der Waals surface area contributed by atoms with E-state index in [4.69, 9.17) is 0 Å². The molecule has 0 N–H and O–H groups in total. The molecule has 0 spiro atoms. The Bertz CT molecular complexity index is 553. The summed E-state index contributed by atoms with van der Waals surface area (Å²) >= 11 is 0. The molecule has 1 amide bonds. The second-order valence-corrected chi connectivity index (χ2v) is 5.18. The average molecular weight is 280 g/mol. The summed E-state index contributed by atoms with van der Waals surface area (Å²) in [5.74, 6) is -1.35. The van der Waals surface area contributed by atoms with Crippen molar-refractivity contribution < 1.29 is 18.4 Å². The minimum atomic E-state index is -0.732. The molecule has 0 radical (unpaired) electrons. The Balaban J connectivity index is 1.87. The summed E-state index contributed by atoms with van der Waals surface area (Å²) in [5, 5.41) is 0. The van der Waals surface area contributed by atoms with Crippen molar-refractivity contribution in [3.63, 3.8) is 0 Å². The zero-order valence-electron chi connectivity index (χ0n) is 10.8. The number of carbonyl (C=O) groups is 2. The van der Waals surface area contributed by atoms with Crippen LogP contribution in [0, 0.1) is 11.6 Å². The number of fused-ring (bicyclic) bond motifs is 1. The lowest BCUT2D eigenvalue weighted by Gasteiger charge is -2.39. The standard InChI is InChI=1S/C14H14F2N2O2/c15-11-5-9(8-19)6-12(16)14(11)17-3-4-18-10(7-17)1-2-13(18)20/h5-6,8,10H,1-4,7H2. The molecule has 1 atom stereocenters. The van der Waals surface area contributed by atoms with Gasteiger partial charge in [-0.25, -0.2) is 8.78 Å². The Kier molecular flexibility index (Phi) is 3.16. The van der Waals surface area contributed by atoms with Gasteiger partial charge in [-0.05, 0) is 18.6 Å². The number of nitrogens with zero attached hydrogens (tertiary/aromatic N) is 2. The smallest absolute Gasteiger partial charge is 0.223 e. The highest BCUT2D eigenvalue weighted by Gasteiger charge is 2.36. The fraction of sp³-hybridized carbons (Fsp3) is 0.429. The van der Waals surface area contributed by atoms with Gasteiger partial charge >= 0.3 is 0 Å². The summed E-state index contributed by atoms with van der Waals surface area (Å²) < 4.78 is 28.0. The highest BCUT2D eigenvalue weighted by atomic mass is 19.1. The van der Waals surface area contributed by atoms with Crippen molar-refractivity contribution in [1.82, 2.24) is 4.90 Å². The van der Waals surface area contributed by atoms with Crippen LogP contribution in [0.1, 0.15) is 23.2 Å². The predicted molar refractivity (Wildman–Crippen MR) is 68.7 cm³/mol. The number of anilines is 1. The topological polar surface area (TPSA) is 40.6 Å².